The average molecular weight is 546 g/mol. The SMILES string of the molecule is CNC[C@H](C[C@H]1CC[C@H](F)CC1)NC(=O)N1CCC[C@@H]([C@@](O)(CCCCOC)c2cc(F)cc(F)c2F)C1. The Balaban J connectivity index is 1.74. The number of likely N-dealkylation sites (tertiary alicyclic amines) is 1. The van der Waals surface area contributed by atoms with E-state index in [1.165, 1.54) is 0 Å². The summed E-state index contributed by atoms with van der Waals surface area (Å²) in [4.78, 5) is 14.9. The number of ether oxygens (including phenoxy) is 1. The molecule has 216 valence electrons. The maximum Gasteiger partial charge on any atom is 0.317 e. The molecule has 1 saturated carbocycles. The van der Waals surface area contributed by atoms with Crippen molar-refractivity contribution in [3.8, 4) is 0 Å². The molecule has 1 heterocycles. The number of likely N-dealkylation sites (N-methyl/N-ethyl adjacent to an activating group) is 1. The van der Waals surface area contributed by atoms with Crippen LogP contribution in [0.15, 0.2) is 12.1 Å². The highest BCUT2D eigenvalue weighted by atomic mass is 19.2. The minimum absolute atomic E-state index is 0.0793. The molecule has 38 heavy (non-hydrogen) atoms. The van der Waals surface area contributed by atoms with Crippen LogP contribution in [0.4, 0.5) is 22.4 Å². The first-order chi connectivity index (χ1) is 18.2. The fourth-order valence-corrected chi connectivity index (χ4v) is 6.09. The summed E-state index contributed by atoms with van der Waals surface area (Å²) in [7, 11) is 3.36. The number of alkyl halides is 1. The number of rotatable bonds is 12. The topological polar surface area (TPSA) is 73.8 Å². The molecule has 1 saturated heterocycles. The molecule has 1 aromatic rings. The highest BCUT2D eigenvalue weighted by Gasteiger charge is 2.43. The third-order valence-electron chi connectivity index (χ3n) is 8.17. The molecule has 0 aromatic heterocycles. The van der Waals surface area contributed by atoms with E-state index in [2.05, 4.69) is 10.6 Å². The van der Waals surface area contributed by atoms with Crippen molar-refractivity contribution in [3.05, 3.63) is 35.1 Å². The second-order valence-electron chi connectivity index (χ2n) is 11.0. The van der Waals surface area contributed by atoms with Crippen molar-refractivity contribution >= 4 is 6.03 Å². The van der Waals surface area contributed by atoms with E-state index in [1.54, 1.807) is 12.0 Å². The standard InChI is InChI=1S/C28H43F4N3O3/c1-33-17-23(14-19-7-9-21(29)10-8-19)34-27(36)35-12-5-6-20(18-35)28(37,11-3-4-13-38-2)24-15-22(30)16-25(31)26(24)32/h15-16,19-21,23,33,37H,3-14,17-18H2,1-2H3,(H,34,36)/t19-,20-,21-,23+,28+/m1/s1. The van der Waals surface area contributed by atoms with Crippen molar-refractivity contribution in [1.29, 1.82) is 0 Å². The lowest BCUT2D eigenvalue weighted by atomic mass is 9.74. The van der Waals surface area contributed by atoms with E-state index >= 15 is 0 Å². The maximum atomic E-state index is 14.9. The van der Waals surface area contributed by atoms with Crippen LogP contribution in [0.5, 0.6) is 0 Å². The van der Waals surface area contributed by atoms with Gasteiger partial charge in [0, 0.05) is 56.9 Å². The lowest BCUT2D eigenvalue weighted by molar-refractivity contribution is -0.0594. The first-order valence-corrected chi connectivity index (χ1v) is 13.9. The molecule has 0 spiro atoms. The number of aliphatic hydroxyl groups is 1. The Morgan fingerprint density at radius 1 is 1.18 bits per heavy atom. The number of benzene rings is 1. The summed E-state index contributed by atoms with van der Waals surface area (Å²) in [6, 6.07) is 0.897. The van der Waals surface area contributed by atoms with Crippen molar-refractivity contribution in [3.63, 3.8) is 0 Å². The van der Waals surface area contributed by atoms with Crippen LogP contribution in [-0.2, 0) is 10.3 Å². The van der Waals surface area contributed by atoms with Gasteiger partial charge in [0.25, 0.3) is 0 Å². The van der Waals surface area contributed by atoms with Crippen LogP contribution in [0.1, 0.15) is 69.8 Å². The van der Waals surface area contributed by atoms with Crippen molar-refractivity contribution < 1.29 is 32.2 Å². The Labute approximate surface area is 223 Å². The molecule has 1 aliphatic carbocycles. The van der Waals surface area contributed by atoms with Crippen LogP contribution in [-0.4, -0.2) is 68.6 Å². The predicted molar refractivity (Wildman–Crippen MR) is 138 cm³/mol. The zero-order chi connectivity index (χ0) is 27.7. The number of carbonyl (C=O) groups is 1. The summed E-state index contributed by atoms with van der Waals surface area (Å²) in [6.07, 6.45) is 4.88. The largest absolute Gasteiger partial charge is 0.385 e. The normalized spacial score (nSPS) is 24.6. The van der Waals surface area contributed by atoms with E-state index in [-0.39, 0.29) is 25.0 Å². The Kier molecular flexibility index (Phi) is 11.7. The van der Waals surface area contributed by atoms with Gasteiger partial charge < -0.3 is 25.4 Å². The number of piperidine rings is 1. The Bertz CT molecular complexity index is 900. The van der Waals surface area contributed by atoms with Crippen LogP contribution < -0.4 is 10.6 Å². The van der Waals surface area contributed by atoms with Crippen LogP contribution in [0.25, 0.3) is 0 Å². The van der Waals surface area contributed by atoms with Crippen molar-refractivity contribution in [1.82, 2.24) is 15.5 Å². The zero-order valence-corrected chi connectivity index (χ0v) is 22.6. The second kappa shape index (κ2) is 14.5. The van der Waals surface area contributed by atoms with E-state index in [9.17, 15) is 27.5 Å². The molecule has 3 rings (SSSR count). The van der Waals surface area contributed by atoms with Crippen LogP contribution in [0, 0.1) is 29.3 Å². The van der Waals surface area contributed by atoms with Crippen LogP contribution in [0.2, 0.25) is 0 Å². The van der Waals surface area contributed by atoms with Gasteiger partial charge in [-0.3, -0.25) is 0 Å². The molecule has 1 aromatic carbocycles. The number of urea groups is 1. The number of halogens is 4. The van der Waals surface area contributed by atoms with E-state index in [0.717, 1.165) is 25.3 Å². The predicted octanol–water partition coefficient (Wildman–Crippen LogP) is 5.04. The van der Waals surface area contributed by atoms with E-state index in [0.29, 0.717) is 70.2 Å². The molecule has 3 N–H and O–H groups in total. The molecular formula is C28H43F4N3O3. The summed E-state index contributed by atoms with van der Waals surface area (Å²) < 4.78 is 61.9. The first kappa shape index (κ1) is 30.6. The molecule has 0 unspecified atom stereocenters. The number of hydrogen-bond acceptors (Lipinski definition) is 4. The molecule has 2 fully saturated rings. The number of unbranched alkanes of at least 4 members (excludes halogenated alkanes) is 1. The molecule has 2 aliphatic rings. The number of hydrogen-bond donors (Lipinski definition) is 3. The Morgan fingerprint density at radius 2 is 1.92 bits per heavy atom. The van der Waals surface area contributed by atoms with Crippen molar-refractivity contribution in [2.75, 3.05) is 40.4 Å². The van der Waals surface area contributed by atoms with Crippen LogP contribution >= 0.6 is 0 Å². The third-order valence-corrected chi connectivity index (χ3v) is 8.17. The number of nitrogens with one attached hydrogen (secondary N) is 2. The van der Waals surface area contributed by atoms with E-state index < -0.39 is 40.7 Å². The molecule has 0 radical (unpaired) electrons. The number of methoxy groups -OCH3 is 1. The molecule has 1 aliphatic heterocycles. The van der Waals surface area contributed by atoms with Crippen molar-refractivity contribution in [2.24, 2.45) is 11.8 Å². The molecular weight excluding hydrogens is 502 g/mol. The lowest BCUT2D eigenvalue weighted by Gasteiger charge is -2.43. The molecule has 0 bridgehead atoms. The monoisotopic (exact) mass is 545 g/mol. The van der Waals surface area contributed by atoms with Gasteiger partial charge in [0.1, 0.15) is 12.0 Å². The number of amides is 2. The Morgan fingerprint density at radius 3 is 2.61 bits per heavy atom. The van der Waals surface area contributed by atoms with Gasteiger partial charge in [0.2, 0.25) is 0 Å². The van der Waals surface area contributed by atoms with Gasteiger partial charge in [0.05, 0.1) is 5.60 Å². The lowest BCUT2D eigenvalue weighted by Crippen LogP contribution is -2.54. The summed E-state index contributed by atoms with van der Waals surface area (Å²) >= 11 is 0. The van der Waals surface area contributed by atoms with Crippen LogP contribution in [0.3, 0.4) is 0 Å². The van der Waals surface area contributed by atoms with Gasteiger partial charge in [-0.25, -0.2) is 22.4 Å². The third kappa shape index (κ3) is 8.05. The highest BCUT2D eigenvalue weighted by molar-refractivity contribution is 5.74. The average Bonchev–Trinajstić information content (AvgIpc) is 2.90. The second-order valence-corrected chi connectivity index (χ2v) is 11.0. The summed E-state index contributed by atoms with van der Waals surface area (Å²) in [5.74, 6) is -3.84. The minimum atomic E-state index is -1.85. The summed E-state index contributed by atoms with van der Waals surface area (Å²) in [5, 5.41) is 18.0. The van der Waals surface area contributed by atoms with E-state index in [1.807, 2.05) is 7.05 Å². The van der Waals surface area contributed by atoms with Gasteiger partial charge in [-0.1, -0.05) is 0 Å². The Hall–Kier alpha value is -1.91. The number of carbonyl (C=O) groups excluding carboxylic acids is 1. The van der Waals surface area contributed by atoms with Gasteiger partial charge in [-0.15, -0.1) is 0 Å². The minimum Gasteiger partial charge on any atom is -0.385 e. The van der Waals surface area contributed by atoms with Gasteiger partial charge in [-0.2, -0.15) is 0 Å². The maximum absolute atomic E-state index is 14.9. The van der Waals surface area contributed by atoms with Crippen molar-refractivity contribution in [2.45, 2.75) is 82.0 Å². The zero-order valence-electron chi connectivity index (χ0n) is 22.6. The van der Waals surface area contributed by atoms with Gasteiger partial charge >= 0.3 is 6.03 Å². The molecule has 3 atom stereocenters. The van der Waals surface area contributed by atoms with Gasteiger partial charge in [0.15, 0.2) is 11.6 Å². The summed E-state index contributed by atoms with van der Waals surface area (Å²) in [6.45, 7) is 1.59. The fourth-order valence-electron chi connectivity index (χ4n) is 6.09. The molecule has 2 amide bonds. The van der Waals surface area contributed by atoms with E-state index in [4.69, 9.17) is 4.74 Å². The quantitative estimate of drug-likeness (QED) is 0.196. The number of nitrogens with zero attached hydrogens (tertiary/aromatic N) is 1. The highest BCUT2D eigenvalue weighted by Crippen LogP contribution is 2.41. The van der Waals surface area contributed by atoms with Gasteiger partial charge in [-0.05, 0) is 83.2 Å². The molecule has 10 heteroatoms. The fraction of sp³-hybridized carbons (Fsp3) is 0.750. The first-order valence-electron chi connectivity index (χ1n) is 13.9. The smallest absolute Gasteiger partial charge is 0.317 e. The summed E-state index contributed by atoms with van der Waals surface area (Å²) in [5.41, 5.74) is -2.26. The molecule has 6 nitrogen and oxygen atoms in total.